The van der Waals surface area contributed by atoms with E-state index in [2.05, 4.69) is 20.5 Å². The van der Waals surface area contributed by atoms with Crippen LogP contribution in [0, 0.1) is 0 Å². The predicted molar refractivity (Wildman–Crippen MR) is 113 cm³/mol. The summed E-state index contributed by atoms with van der Waals surface area (Å²) in [7, 11) is -1.72. The number of nitrogens with one attached hydrogen (secondary N) is 2. The first-order chi connectivity index (χ1) is 14.1. The number of H-pyrrole nitrogens is 1. The molecule has 3 aromatic rings. The van der Waals surface area contributed by atoms with Crippen LogP contribution in [0.2, 0.25) is 0 Å². The highest BCUT2D eigenvalue weighted by Gasteiger charge is 2.30. The zero-order valence-electron chi connectivity index (χ0n) is 16.5. The first-order valence-corrected chi connectivity index (χ1v) is 11.6. The van der Waals surface area contributed by atoms with Gasteiger partial charge in [0.25, 0.3) is 0 Å². The molecule has 1 fully saturated rings. The maximum atomic E-state index is 12.7. The van der Waals surface area contributed by atoms with Crippen LogP contribution >= 0.6 is 0 Å². The van der Waals surface area contributed by atoms with Gasteiger partial charge in [0.05, 0.1) is 12.4 Å². The topological polar surface area (TPSA) is 97.0 Å². The second-order valence-electron chi connectivity index (χ2n) is 7.46. The van der Waals surface area contributed by atoms with Gasteiger partial charge in [0.1, 0.15) is 11.6 Å². The molecule has 0 amide bonds. The molecule has 0 saturated heterocycles. The third kappa shape index (κ3) is 4.22. The lowest BCUT2D eigenvalue weighted by atomic mass is 10.0. The molecule has 2 heterocycles. The van der Waals surface area contributed by atoms with Gasteiger partial charge in [-0.1, -0.05) is 19.3 Å². The summed E-state index contributed by atoms with van der Waals surface area (Å²) in [4.78, 5) is 3.27. The fraction of sp³-hybridized carbons (Fsp3) is 0.429. The minimum atomic E-state index is -3.38. The Morgan fingerprint density at radius 3 is 2.69 bits per heavy atom. The molecule has 2 N–H and O–H groups in total. The smallest absolute Gasteiger partial charge is 0.200 e. The summed E-state index contributed by atoms with van der Waals surface area (Å²) < 4.78 is 30.7. The fourth-order valence-corrected chi connectivity index (χ4v) is 5.64. The summed E-state index contributed by atoms with van der Waals surface area (Å²) in [5.74, 6) is 1.40. The van der Waals surface area contributed by atoms with Gasteiger partial charge in [-0.2, -0.15) is 0 Å². The molecule has 7 nitrogen and oxygen atoms in total. The molecular formula is C21H26N4O3S. The van der Waals surface area contributed by atoms with Gasteiger partial charge in [-0.3, -0.25) is 0 Å². The molecule has 0 bridgehead atoms. The van der Waals surface area contributed by atoms with E-state index in [9.17, 15) is 8.42 Å². The number of fused-ring (bicyclic) bond motifs is 1. The monoisotopic (exact) mass is 414 g/mol. The van der Waals surface area contributed by atoms with Crippen molar-refractivity contribution in [3.63, 3.8) is 0 Å². The van der Waals surface area contributed by atoms with Gasteiger partial charge in [0, 0.05) is 23.6 Å². The van der Waals surface area contributed by atoms with E-state index in [1.54, 1.807) is 19.2 Å². The quantitative estimate of drug-likeness (QED) is 0.611. The van der Waals surface area contributed by atoms with Gasteiger partial charge < -0.3 is 15.0 Å². The molecule has 0 spiro atoms. The van der Waals surface area contributed by atoms with E-state index in [1.165, 1.54) is 5.56 Å². The molecule has 2 aromatic heterocycles. The summed E-state index contributed by atoms with van der Waals surface area (Å²) in [6.07, 6.45) is 7.28. The number of methoxy groups -OCH3 is 1. The Morgan fingerprint density at radius 2 is 1.97 bits per heavy atom. The van der Waals surface area contributed by atoms with E-state index in [-0.39, 0.29) is 10.3 Å². The molecule has 1 aliphatic rings. The molecule has 0 unspecified atom stereocenters. The second-order valence-corrected chi connectivity index (χ2v) is 9.64. The van der Waals surface area contributed by atoms with E-state index < -0.39 is 9.84 Å². The Labute approximate surface area is 170 Å². The van der Waals surface area contributed by atoms with Gasteiger partial charge in [0.2, 0.25) is 0 Å². The van der Waals surface area contributed by atoms with Gasteiger partial charge in [-0.25, -0.2) is 8.42 Å². The van der Waals surface area contributed by atoms with Crippen molar-refractivity contribution in [1.82, 2.24) is 15.2 Å². The largest absolute Gasteiger partial charge is 0.497 e. The normalized spacial score (nSPS) is 15.5. The Morgan fingerprint density at radius 1 is 1.14 bits per heavy atom. The predicted octanol–water partition coefficient (Wildman–Crippen LogP) is 3.73. The van der Waals surface area contributed by atoms with Crippen LogP contribution in [-0.4, -0.2) is 42.5 Å². The number of aromatic amines is 1. The second kappa shape index (κ2) is 8.41. The molecule has 0 aliphatic heterocycles. The van der Waals surface area contributed by atoms with Crippen molar-refractivity contribution in [1.29, 1.82) is 0 Å². The number of sulfone groups is 1. The summed E-state index contributed by atoms with van der Waals surface area (Å²) >= 11 is 0. The van der Waals surface area contributed by atoms with Crippen molar-refractivity contribution in [3.05, 3.63) is 42.1 Å². The standard InChI is InChI=1S/C21H26N4O3S/c1-28-16-7-8-19-18(13-16)15(14-23-19)11-12-22-20-9-10-21(25-24-20)29(26,27)17-5-3-2-4-6-17/h7-10,13-14,17,23H,2-6,11-12H2,1H3,(H,22,24). The molecule has 1 aliphatic carbocycles. The highest BCUT2D eigenvalue weighted by Crippen LogP contribution is 2.28. The van der Waals surface area contributed by atoms with Gasteiger partial charge in [-0.05, 0) is 55.2 Å². The lowest BCUT2D eigenvalue weighted by Crippen LogP contribution is -2.25. The van der Waals surface area contributed by atoms with Crippen LogP contribution in [0.25, 0.3) is 10.9 Å². The average molecular weight is 415 g/mol. The van der Waals surface area contributed by atoms with Crippen LogP contribution in [0.4, 0.5) is 5.82 Å². The Bertz CT molecular complexity index is 1070. The molecule has 0 radical (unpaired) electrons. The van der Waals surface area contributed by atoms with Crippen LogP contribution in [0.15, 0.2) is 41.6 Å². The minimum absolute atomic E-state index is 0.0821. The van der Waals surface area contributed by atoms with Crippen molar-refractivity contribution in [3.8, 4) is 5.75 Å². The maximum Gasteiger partial charge on any atom is 0.200 e. The van der Waals surface area contributed by atoms with E-state index in [1.807, 2.05) is 24.4 Å². The Hall–Kier alpha value is -2.61. The summed E-state index contributed by atoms with van der Waals surface area (Å²) in [5, 5.41) is 12.2. The average Bonchev–Trinajstić information content (AvgIpc) is 3.17. The summed E-state index contributed by atoms with van der Waals surface area (Å²) in [6.45, 7) is 0.660. The third-order valence-corrected chi connectivity index (χ3v) is 7.75. The number of ether oxygens (including phenoxy) is 1. The van der Waals surface area contributed by atoms with Crippen molar-refractivity contribution in [2.24, 2.45) is 0 Å². The molecule has 4 rings (SSSR count). The van der Waals surface area contributed by atoms with Crippen LogP contribution in [0.5, 0.6) is 5.75 Å². The van der Waals surface area contributed by atoms with E-state index in [0.29, 0.717) is 12.4 Å². The van der Waals surface area contributed by atoms with Crippen molar-refractivity contribution < 1.29 is 13.2 Å². The van der Waals surface area contributed by atoms with E-state index in [0.717, 1.165) is 55.2 Å². The Kier molecular flexibility index (Phi) is 5.71. The number of hydrogen-bond donors (Lipinski definition) is 2. The third-order valence-electron chi connectivity index (χ3n) is 5.60. The van der Waals surface area contributed by atoms with Crippen LogP contribution < -0.4 is 10.1 Å². The SMILES string of the molecule is COc1ccc2[nH]cc(CCNc3ccc(S(=O)(=O)C4CCCCC4)nn3)c2c1. The van der Waals surface area contributed by atoms with E-state index in [4.69, 9.17) is 4.74 Å². The summed E-state index contributed by atoms with van der Waals surface area (Å²) in [6, 6.07) is 9.21. The van der Waals surface area contributed by atoms with Crippen LogP contribution in [0.1, 0.15) is 37.7 Å². The van der Waals surface area contributed by atoms with Gasteiger partial charge >= 0.3 is 0 Å². The highest BCUT2D eigenvalue weighted by molar-refractivity contribution is 7.92. The molecule has 0 atom stereocenters. The zero-order valence-corrected chi connectivity index (χ0v) is 17.3. The Balaban J connectivity index is 1.38. The van der Waals surface area contributed by atoms with Crippen molar-refractivity contribution >= 4 is 26.6 Å². The number of anilines is 1. The molecule has 29 heavy (non-hydrogen) atoms. The minimum Gasteiger partial charge on any atom is -0.497 e. The number of nitrogens with zero attached hydrogens (tertiary/aromatic N) is 2. The van der Waals surface area contributed by atoms with Gasteiger partial charge in [0.15, 0.2) is 14.9 Å². The molecule has 1 saturated carbocycles. The number of benzene rings is 1. The van der Waals surface area contributed by atoms with Gasteiger partial charge in [-0.15, -0.1) is 10.2 Å². The van der Waals surface area contributed by atoms with Crippen molar-refractivity contribution in [2.75, 3.05) is 19.0 Å². The molecular weight excluding hydrogens is 388 g/mol. The van der Waals surface area contributed by atoms with Crippen molar-refractivity contribution in [2.45, 2.75) is 48.8 Å². The molecule has 154 valence electrons. The van der Waals surface area contributed by atoms with Crippen LogP contribution in [-0.2, 0) is 16.3 Å². The number of rotatable bonds is 7. The number of aromatic nitrogens is 3. The van der Waals surface area contributed by atoms with Crippen LogP contribution in [0.3, 0.4) is 0 Å². The maximum absolute atomic E-state index is 12.7. The number of hydrogen-bond acceptors (Lipinski definition) is 6. The lowest BCUT2D eigenvalue weighted by molar-refractivity contribution is 0.415. The molecule has 1 aromatic carbocycles. The summed E-state index contributed by atoms with van der Waals surface area (Å²) in [5.41, 5.74) is 2.24. The lowest BCUT2D eigenvalue weighted by Gasteiger charge is -2.20. The molecule has 8 heteroatoms. The fourth-order valence-electron chi connectivity index (χ4n) is 3.93. The first-order valence-electron chi connectivity index (χ1n) is 10.0. The zero-order chi connectivity index (χ0) is 20.3. The van der Waals surface area contributed by atoms with E-state index >= 15 is 0 Å². The first kappa shape index (κ1) is 19.7. The highest BCUT2D eigenvalue weighted by atomic mass is 32.2.